The molecule has 30 heavy (non-hydrogen) atoms. The number of carbonyl (C=O) groups is 1. The van der Waals surface area contributed by atoms with Gasteiger partial charge in [-0.05, 0) is 52.8 Å². The molecule has 2 aromatic rings. The van der Waals surface area contributed by atoms with Crippen LogP contribution in [0.4, 0.5) is 0 Å². The average Bonchev–Trinajstić information content (AvgIpc) is 3.26. The van der Waals surface area contributed by atoms with Crippen LogP contribution in [0, 0.1) is 12.8 Å². The lowest BCUT2D eigenvalue weighted by molar-refractivity contribution is -0.126. The van der Waals surface area contributed by atoms with E-state index >= 15 is 0 Å². The molecule has 0 bridgehead atoms. The van der Waals surface area contributed by atoms with Gasteiger partial charge in [0.15, 0.2) is 11.5 Å². The molecule has 2 aliphatic heterocycles. The van der Waals surface area contributed by atoms with Gasteiger partial charge in [0.05, 0.1) is 17.2 Å². The van der Waals surface area contributed by atoms with Crippen molar-refractivity contribution in [3.63, 3.8) is 0 Å². The summed E-state index contributed by atoms with van der Waals surface area (Å²) in [6.07, 6.45) is 2.67. The molecular formula is C23H31N3O3S. The zero-order valence-electron chi connectivity index (χ0n) is 18.1. The van der Waals surface area contributed by atoms with Crippen LogP contribution < -0.4 is 14.8 Å². The minimum Gasteiger partial charge on any atom is -0.488 e. The number of hydrogen-bond acceptors (Lipinski definition) is 6. The molecule has 1 N–H and O–H groups in total. The Hall–Kier alpha value is -2.12. The van der Waals surface area contributed by atoms with E-state index in [1.54, 1.807) is 11.3 Å². The highest BCUT2D eigenvalue weighted by Gasteiger charge is 2.32. The number of fused-ring (bicyclic) bond motifs is 1. The molecule has 1 aromatic carbocycles. The topological polar surface area (TPSA) is 63.7 Å². The normalized spacial score (nSPS) is 18.6. The van der Waals surface area contributed by atoms with Gasteiger partial charge in [0.2, 0.25) is 5.91 Å². The van der Waals surface area contributed by atoms with Crippen LogP contribution in [0.15, 0.2) is 23.6 Å². The van der Waals surface area contributed by atoms with E-state index in [0.717, 1.165) is 61.1 Å². The minimum absolute atomic E-state index is 0.0866. The smallest absolute Gasteiger partial charge is 0.223 e. The molecule has 1 fully saturated rings. The van der Waals surface area contributed by atoms with Gasteiger partial charge >= 0.3 is 0 Å². The van der Waals surface area contributed by atoms with Crippen LogP contribution in [0.3, 0.4) is 0 Å². The Labute approximate surface area is 182 Å². The van der Waals surface area contributed by atoms with Crippen molar-refractivity contribution in [2.75, 3.05) is 26.2 Å². The molecule has 7 heteroatoms. The van der Waals surface area contributed by atoms with E-state index in [-0.39, 0.29) is 17.4 Å². The number of para-hydroxylation sites is 1. The van der Waals surface area contributed by atoms with Gasteiger partial charge in [-0.15, -0.1) is 11.3 Å². The molecule has 0 radical (unpaired) electrons. The molecule has 2 aliphatic rings. The number of carbonyl (C=O) groups excluding carboxylic acids is 1. The summed E-state index contributed by atoms with van der Waals surface area (Å²) in [5, 5.41) is 6.28. The molecule has 0 spiro atoms. The van der Waals surface area contributed by atoms with E-state index in [2.05, 4.69) is 40.5 Å². The Kier molecular flexibility index (Phi) is 6.29. The summed E-state index contributed by atoms with van der Waals surface area (Å²) < 4.78 is 11.9. The lowest BCUT2D eigenvalue weighted by atomic mass is 9.96. The summed E-state index contributed by atoms with van der Waals surface area (Å²) in [4.78, 5) is 19.5. The molecule has 6 nitrogen and oxygen atoms in total. The number of nitrogens with one attached hydrogen (secondary N) is 1. The molecule has 0 saturated carbocycles. The third-order valence-corrected chi connectivity index (χ3v) is 6.55. The van der Waals surface area contributed by atoms with Gasteiger partial charge in [0, 0.05) is 29.8 Å². The van der Waals surface area contributed by atoms with E-state index in [4.69, 9.17) is 9.47 Å². The summed E-state index contributed by atoms with van der Waals surface area (Å²) in [6, 6.07) is 6.01. The second kappa shape index (κ2) is 8.94. The van der Waals surface area contributed by atoms with E-state index in [1.807, 2.05) is 19.1 Å². The first-order valence-electron chi connectivity index (χ1n) is 10.7. The summed E-state index contributed by atoms with van der Waals surface area (Å²) in [7, 11) is 0. The number of aromatic nitrogens is 1. The molecule has 0 unspecified atom stereocenters. The van der Waals surface area contributed by atoms with Crippen molar-refractivity contribution in [1.29, 1.82) is 0 Å². The highest BCUT2D eigenvalue weighted by atomic mass is 32.1. The number of benzene rings is 1. The number of aryl methyl sites for hydroxylation is 1. The van der Waals surface area contributed by atoms with Crippen LogP contribution in [-0.4, -0.2) is 47.6 Å². The third kappa shape index (κ3) is 5.13. The lowest BCUT2D eigenvalue weighted by Gasteiger charge is -2.30. The third-order valence-electron chi connectivity index (χ3n) is 5.72. The fourth-order valence-corrected chi connectivity index (χ4v) is 4.85. The van der Waals surface area contributed by atoms with Gasteiger partial charge in [-0.25, -0.2) is 4.98 Å². The van der Waals surface area contributed by atoms with Crippen LogP contribution in [0.2, 0.25) is 0 Å². The zero-order valence-corrected chi connectivity index (χ0v) is 18.9. The van der Waals surface area contributed by atoms with Crippen LogP contribution in [-0.2, 0) is 17.8 Å². The van der Waals surface area contributed by atoms with Gasteiger partial charge in [0.1, 0.15) is 12.2 Å². The van der Waals surface area contributed by atoms with E-state index in [9.17, 15) is 4.79 Å². The summed E-state index contributed by atoms with van der Waals surface area (Å²) in [6.45, 7) is 9.90. The second-order valence-electron chi connectivity index (χ2n) is 8.83. The molecule has 1 amide bonds. The SMILES string of the molecule is Cc1nc(CN2CCC(C(=O)NCCOc3cccc4c3OC(C)(C)C4)CC2)cs1. The van der Waals surface area contributed by atoms with Crippen molar-refractivity contribution in [1.82, 2.24) is 15.2 Å². The Balaban J connectivity index is 1.17. The minimum atomic E-state index is -0.191. The van der Waals surface area contributed by atoms with Crippen molar-refractivity contribution < 1.29 is 14.3 Å². The Morgan fingerprint density at radius 2 is 2.17 bits per heavy atom. The monoisotopic (exact) mass is 429 g/mol. The van der Waals surface area contributed by atoms with Gasteiger partial charge in [-0.3, -0.25) is 9.69 Å². The quantitative estimate of drug-likeness (QED) is 0.682. The largest absolute Gasteiger partial charge is 0.488 e. The first-order chi connectivity index (χ1) is 14.4. The number of likely N-dealkylation sites (tertiary alicyclic amines) is 1. The second-order valence-corrected chi connectivity index (χ2v) is 9.89. The lowest BCUT2D eigenvalue weighted by Crippen LogP contribution is -2.41. The number of amides is 1. The number of rotatable bonds is 7. The maximum Gasteiger partial charge on any atom is 0.223 e. The first-order valence-corrected chi connectivity index (χ1v) is 11.6. The van der Waals surface area contributed by atoms with E-state index < -0.39 is 0 Å². The number of piperidine rings is 1. The predicted octanol–water partition coefficient (Wildman–Crippen LogP) is 3.57. The van der Waals surface area contributed by atoms with Crippen LogP contribution in [0.25, 0.3) is 0 Å². The van der Waals surface area contributed by atoms with Gasteiger partial charge in [-0.2, -0.15) is 0 Å². The van der Waals surface area contributed by atoms with E-state index in [1.165, 1.54) is 5.56 Å². The first kappa shape index (κ1) is 21.1. The molecule has 1 saturated heterocycles. The summed E-state index contributed by atoms with van der Waals surface area (Å²) in [5.41, 5.74) is 2.13. The fourth-order valence-electron chi connectivity index (χ4n) is 4.24. The number of thiazole rings is 1. The maximum atomic E-state index is 12.5. The highest BCUT2D eigenvalue weighted by Crippen LogP contribution is 2.41. The van der Waals surface area contributed by atoms with Crippen molar-refractivity contribution in [3.05, 3.63) is 39.8 Å². The highest BCUT2D eigenvalue weighted by molar-refractivity contribution is 7.09. The Morgan fingerprint density at radius 3 is 2.90 bits per heavy atom. The van der Waals surface area contributed by atoms with Crippen LogP contribution in [0.5, 0.6) is 11.5 Å². The standard InChI is InChI=1S/C23H31N3O3S/c1-16-25-19(15-30-16)14-26-10-7-17(8-11-26)22(27)24-9-12-28-20-6-4-5-18-13-23(2,3)29-21(18)20/h4-6,15,17H,7-14H2,1-3H3,(H,24,27). The van der Waals surface area contributed by atoms with Crippen LogP contribution in [0.1, 0.15) is 43.0 Å². The molecule has 0 aliphatic carbocycles. The van der Waals surface area contributed by atoms with Crippen molar-refractivity contribution in [2.24, 2.45) is 5.92 Å². The van der Waals surface area contributed by atoms with E-state index in [0.29, 0.717) is 13.2 Å². The molecule has 3 heterocycles. The van der Waals surface area contributed by atoms with Gasteiger partial charge in [0.25, 0.3) is 0 Å². The molecule has 162 valence electrons. The molecule has 1 aromatic heterocycles. The maximum absolute atomic E-state index is 12.5. The average molecular weight is 430 g/mol. The van der Waals surface area contributed by atoms with Crippen LogP contribution >= 0.6 is 11.3 Å². The van der Waals surface area contributed by atoms with Gasteiger partial charge < -0.3 is 14.8 Å². The van der Waals surface area contributed by atoms with Crippen molar-refractivity contribution >= 4 is 17.2 Å². The fraction of sp³-hybridized carbons (Fsp3) is 0.565. The Morgan fingerprint density at radius 1 is 1.37 bits per heavy atom. The molecule has 4 rings (SSSR count). The summed E-state index contributed by atoms with van der Waals surface area (Å²) in [5.74, 6) is 1.83. The van der Waals surface area contributed by atoms with Crippen molar-refractivity contribution in [3.8, 4) is 11.5 Å². The zero-order chi connectivity index (χ0) is 21.1. The predicted molar refractivity (Wildman–Crippen MR) is 118 cm³/mol. The number of hydrogen-bond donors (Lipinski definition) is 1. The Bertz CT molecular complexity index is 888. The summed E-state index contributed by atoms with van der Waals surface area (Å²) >= 11 is 1.69. The van der Waals surface area contributed by atoms with Crippen molar-refractivity contribution in [2.45, 2.75) is 52.2 Å². The number of ether oxygens (including phenoxy) is 2. The molecule has 0 atom stereocenters. The molecular weight excluding hydrogens is 398 g/mol. The van der Waals surface area contributed by atoms with Gasteiger partial charge in [-0.1, -0.05) is 12.1 Å². The number of nitrogens with zero attached hydrogens (tertiary/aromatic N) is 2.